The number of benzene rings is 1. The summed E-state index contributed by atoms with van der Waals surface area (Å²) >= 11 is 6.11. The van der Waals surface area contributed by atoms with Crippen molar-refractivity contribution in [2.45, 2.75) is 50.7 Å². The second-order valence-corrected chi connectivity index (χ2v) is 11.0. The SMILES string of the molecule is Cl.N#Cc1ccc(OC2CCC(NC(=O)c3ccc(N4CCC(CN5CCNCC5)CC4)nn3)CC2)cc1Cl. The maximum Gasteiger partial charge on any atom is 0.272 e. The average molecular weight is 575 g/mol. The number of hydrogen-bond donors (Lipinski definition) is 2. The van der Waals surface area contributed by atoms with Crippen LogP contribution in [-0.4, -0.2) is 79.0 Å². The second kappa shape index (κ2) is 14.1. The minimum atomic E-state index is -0.179. The van der Waals surface area contributed by atoms with E-state index in [0.717, 1.165) is 76.7 Å². The highest BCUT2D eigenvalue weighted by molar-refractivity contribution is 6.31. The van der Waals surface area contributed by atoms with Crippen LogP contribution in [0.25, 0.3) is 0 Å². The molecule has 210 valence electrons. The van der Waals surface area contributed by atoms with E-state index < -0.39 is 0 Å². The molecule has 11 heteroatoms. The zero-order valence-corrected chi connectivity index (χ0v) is 23.7. The van der Waals surface area contributed by atoms with Gasteiger partial charge in [-0.25, -0.2) is 0 Å². The fourth-order valence-electron chi connectivity index (χ4n) is 5.66. The zero-order valence-electron chi connectivity index (χ0n) is 22.1. The highest BCUT2D eigenvalue weighted by atomic mass is 35.5. The van der Waals surface area contributed by atoms with Crippen LogP contribution < -0.4 is 20.3 Å². The number of aromatic nitrogens is 2. The molecule has 2 aromatic rings. The van der Waals surface area contributed by atoms with Crippen LogP contribution in [0.3, 0.4) is 0 Å². The maximum absolute atomic E-state index is 12.8. The van der Waals surface area contributed by atoms with Gasteiger partial charge in [0.25, 0.3) is 5.91 Å². The summed E-state index contributed by atoms with van der Waals surface area (Å²) in [6.45, 7) is 7.65. The fraction of sp³-hybridized carbons (Fsp3) is 0.571. The monoisotopic (exact) mass is 573 g/mol. The van der Waals surface area contributed by atoms with Crippen molar-refractivity contribution in [3.8, 4) is 11.8 Å². The minimum absolute atomic E-state index is 0. The first kappa shape index (κ1) is 29.3. The van der Waals surface area contributed by atoms with Crippen LogP contribution in [-0.2, 0) is 0 Å². The van der Waals surface area contributed by atoms with Crippen LogP contribution in [0.15, 0.2) is 30.3 Å². The maximum atomic E-state index is 12.8. The predicted molar refractivity (Wildman–Crippen MR) is 154 cm³/mol. The van der Waals surface area contributed by atoms with E-state index in [2.05, 4.69) is 36.7 Å². The summed E-state index contributed by atoms with van der Waals surface area (Å²) < 4.78 is 6.05. The summed E-state index contributed by atoms with van der Waals surface area (Å²) in [4.78, 5) is 17.7. The summed E-state index contributed by atoms with van der Waals surface area (Å²) in [7, 11) is 0. The van der Waals surface area contributed by atoms with Gasteiger partial charge in [-0.1, -0.05) is 11.6 Å². The molecule has 1 aromatic heterocycles. The van der Waals surface area contributed by atoms with Gasteiger partial charge in [0.2, 0.25) is 0 Å². The number of halogens is 2. The van der Waals surface area contributed by atoms with Crippen LogP contribution in [0.1, 0.15) is 54.6 Å². The number of piperidine rings is 1. The van der Waals surface area contributed by atoms with E-state index in [1.165, 1.54) is 19.4 Å². The number of hydrogen-bond acceptors (Lipinski definition) is 8. The molecule has 0 bridgehead atoms. The van der Waals surface area contributed by atoms with E-state index in [1.807, 2.05) is 6.07 Å². The molecular weight excluding hydrogens is 537 g/mol. The molecule has 5 rings (SSSR count). The van der Waals surface area contributed by atoms with Crippen molar-refractivity contribution in [2.75, 3.05) is 50.7 Å². The van der Waals surface area contributed by atoms with E-state index in [9.17, 15) is 4.79 Å². The Morgan fingerprint density at radius 2 is 1.79 bits per heavy atom. The van der Waals surface area contributed by atoms with Crippen molar-refractivity contribution in [1.29, 1.82) is 5.26 Å². The predicted octanol–water partition coefficient (Wildman–Crippen LogP) is 3.67. The standard InChI is InChI=1S/C28H36ClN7O2.ClH/c29-25-17-24(4-1-21(25)18-30)38-23-5-2-22(3-6-23)32-28(37)26-7-8-27(34-33-26)36-13-9-20(10-14-36)19-35-15-11-31-12-16-35;/h1,4,7-8,17,20,22-23,31H,2-3,5-6,9-16,19H2,(H,32,37);1H. The van der Waals surface area contributed by atoms with Crippen molar-refractivity contribution < 1.29 is 9.53 Å². The molecule has 1 amide bonds. The van der Waals surface area contributed by atoms with E-state index in [1.54, 1.807) is 24.3 Å². The minimum Gasteiger partial charge on any atom is -0.490 e. The number of piperazine rings is 1. The molecule has 1 aromatic carbocycles. The van der Waals surface area contributed by atoms with Crippen LogP contribution in [0, 0.1) is 17.2 Å². The van der Waals surface area contributed by atoms with Gasteiger partial charge in [0.1, 0.15) is 11.8 Å². The van der Waals surface area contributed by atoms with Crippen molar-refractivity contribution in [1.82, 2.24) is 25.7 Å². The van der Waals surface area contributed by atoms with Crippen LogP contribution >= 0.6 is 24.0 Å². The molecule has 9 nitrogen and oxygen atoms in total. The summed E-state index contributed by atoms with van der Waals surface area (Å²) in [5.41, 5.74) is 0.792. The molecule has 3 fully saturated rings. The van der Waals surface area contributed by atoms with Crippen molar-refractivity contribution in [3.05, 3.63) is 46.6 Å². The second-order valence-electron chi connectivity index (χ2n) is 10.6. The van der Waals surface area contributed by atoms with E-state index in [-0.39, 0.29) is 30.5 Å². The van der Waals surface area contributed by atoms with Gasteiger partial charge in [-0.15, -0.1) is 22.6 Å². The Morgan fingerprint density at radius 1 is 1.05 bits per heavy atom. The lowest BCUT2D eigenvalue weighted by Crippen LogP contribution is -2.47. The van der Waals surface area contributed by atoms with Crippen LogP contribution in [0.4, 0.5) is 5.82 Å². The van der Waals surface area contributed by atoms with Crippen molar-refractivity contribution >= 4 is 35.7 Å². The van der Waals surface area contributed by atoms with Gasteiger partial charge in [0.05, 0.1) is 16.7 Å². The lowest BCUT2D eigenvalue weighted by molar-refractivity contribution is 0.0888. The Labute approximate surface area is 241 Å². The van der Waals surface area contributed by atoms with Crippen molar-refractivity contribution in [3.63, 3.8) is 0 Å². The first-order valence-corrected chi connectivity index (χ1v) is 14.1. The number of nitriles is 1. The number of ether oxygens (including phenoxy) is 1. The fourth-order valence-corrected chi connectivity index (χ4v) is 5.87. The number of rotatable bonds is 7. The van der Waals surface area contributed by atoms with Crippen LogP contribution in [0.2, 0.25) is 5.02 Å². The first-order chi connectivity index (χ1) is 18.6. The highest BCUT2D eigenvalue weighted by Crippen LogP contribution is 2.27. The molecule has 2 saturated heterocycles. The quantitative estimate of drug-likeness (QED) is 0.516. The normalized spacial score (nSPS) is 22.4. The van der Waals surface area contributed by atoms with Gasteiger partial charge in [-0.3, -0.25) is 4.79 Å². The largest absolute Gasteiger partial charge is 0.490 e. The number of amides is 1. The molecule has 2 aliphatic heterocycles. The Kier molecular flexibility index (Phi) is 10.6. The van der Waals surface area contributed by atoms with Gasteiger partial charge in [0, 0.05) is 57.9 Å². The number of carbonyl (C=O) groups excluding carboxylic acids is 1. The average Bonchev–Trinajstić information content (AvgIpc) is 2.95. The Balaban J connectivity index is 0.00000353. The Hall–Kier alpha value is -2.64. The smallest absolute Gasteiger partial charge is 0.272 e. The Bertz CT molecular complexity index is 1120. The van der Waals surface area contributed by atoms with Crippen molar-refractivity contribution in [2.24, 2.45) is 5.92 Å². The summed E-state index contributed by atoms with van der Waals surface area (Å²) in [5.74, 6) is 2.08. The first-order valence-electron chi connectivity index (χ1n) is 13.8. The molecular formula is C28H37Cl2N7O2. The number of nitrogens with zero attached hydrogens (tertiary/aromatic N) is 5. The molecule has 0 unspecified atom stereocenters. The number of nitrogens with one attached hydrogen (secondary N) is 2. The summed E-state index contributed by atoms with van der Waals surface area (Å²) in [6.07, 6.45) is 5.71. The topological polar surface area (TPSA) is 106 Å². The van der Waals surface area contributed by atoms with Gasteiger partial charge >= 0.3 is 0 Å². The molecule has 2 N–H and O–H groups in total. The molecule has 0 spiro atoms. The summed E-state index contributed by atoms with van der Waals surface area (Å²) in [5, 5.41) is 24.6. The van der Waals surface area contributed by atoms with Crippen LogP contribution in [0.5, 0.6) is 5.75 Å². The zero-order chi connectivity index (χ0) is 26.3. The third-order valence-corrected chi connectivity index (χ3v) is 8.23. The lowest BCUT2D eigenvalue weighted by Gasteiger charge is -2.36. The van der Waals surface area contributed by atoms with E-state index in [4.69, 9.17) is 21.6 Å². The number of carbonyl (C=O) groups is 1. The molecule has 3 heterocycles. The van der Waals surface area contributed by atoms with Gasteiger partial charge in [-0.2, -0.15) is 5.26 Å². The molecule has 39 heavy (non-hydrogen) atoms. The van der Waals surface area contributed by atoms with Gasteiger partial charge < -0.3 is 25.2 Å². The van der Waals surface area contributed by atoms with E-state index >= 15 is 0 Å². The van der Waals surface area contributed by atoms with Gasteiger partial charge in [-0.05, 0) is 68.7 Å². The van der Waals surface area contributed by atoms with E-state index in [0.29, 0.717) is 22.0 Å². The summed E-state index contributed by atoms with van der Waals surface area (Å²) in [6, 6.07) is 11.0. The Morgan fingerprint density at radius 3 is 2.44 bits per heavy atom. The third-order valence-electron chi connectivity index (χ3n) is 7.92. The third kappa shape index (κ3) is 7.95. The van der Waals surface area contributed by atoms with Gasteiger partial charge in [0.15, 0.2) is 11.5 Å². The molecule has 3 aliphatic rings. The molecule has 0 atom stereocenters. The highest BCUT2D eigenvalue weighted by Gasteiger charge is 2.26. The molecule has 0 radical (unpaired) electrons. The molecule has 1 saturated carbocycles. The number of anilines is 1. The lowest BCUT2D eigenvalue weighted by atomic mass is 9.93. The molecule has 1 aliphatic carbocycles.